The van der Waals surface area contributed by atoms with Crippen LogP contribution in [0.3, 0.4) is 0 Å². The van der Waals surface area contributed by atoms with E-state index in [0.717, 1.165) is 30.8 Å². The topological polar surface area (TPSA) is 34.1 Å². The zero-order valence-corrected chi connectivity index (χ0v) is 13.7. The van der Waals surface area contributed by atoms with Crippen molar-refractivity contribution in [3.8, 4) is 5.75 Å². The lowest BCUT2D eigenvalue weighted by Crippen LogP contribution is -2.18. The molecular weight excluding hydrogens is 280 g/mol. The molecule has 1 aromatic carbocycles. The summed E-state index contributed by atoms with van der Waals surface area (Å²) in [6.07, 6.45) is 2.22. The molecule has 0 saturated heterocycles. The van der Waals surface area contributed by atoms with Gasteiger partial charge in [0.25, 0.3) is 0 Å². The zero-order chi connectivity index (χ0) is 14.8. The van der Waals surface area contributed by atoms with Gasteiger partial charge < -0.3 is 10.1 Å². The quantitative estimate of drug-likeness (QED) is 0.904. The second kappa shape index (κ2) is 6.16. The fourth-order valence-electron chi connectivity index (χ4n) is 2.92. The summed E-state index contributed by atoms with van der Waals surface area (Å²) in [6, 6.07) is 6.76. The molecule has 3 rings (SSSR count). The van der Waals surface area contributed by atoms with Crippen molar-refractivity contribution in [3.05, 3.63) is 45.4 Å². The normalized spacial score (nSPS) is 17.2. The lowest BCUT2D eigenvalue weighted by molar-refractivity contribution is 0.410. The average molecular weight is 302 g/mol. The number of ether oxygens (including phenoxy) is 1. The highest BCUT2D eigenvalue weighted by molar-refractivity contribution is 7.09. The number of aromatic nitrogens is 1. The molecule has 1 N–H and O–H groups in total. The maximum atomic E-state index is 5.46. The standard InChI is InChI=1S/C17H22N2OS/c1-11(2)17-19-12(10-21-17)9-18-15-8-7-14-13(15)5-4-6-16(14)20-3/h4-6,10-11,15,18H,7-9H2,1-3H3. The van der Waals surface area contributed by atoms with E-state index in [1.165, 1.54) is 16.1 Å². The molecule has 0 aliphatic heterocycles. The van der Waals surface area contributed by atoms with Crippen LogP contribution in [-0.4, -0.2) is 12.1 Å². The van der Waals surface area contributed by atoms with E-state index in [9.17, 15) is 0 Å². The first-order chi connectivity index (χ1) is 10.2. The van der Waals surface area contributed by atoms with Crippen molar-refractivity contribution in [1.29, 1.82) is 0 Å². The van der Waals surface area contributed by atoms with Crippen LogP contribution < -0.4 is 10.1 Å². The van der Waals surface area contributed by atoms with Gasteiger partial charge in [-0.05, 0) is 30.0 Å². The Labute approximate surface area is 130 Å². The minimum Gasteiger partial charge on any atom is -0.496 e. The van der Waals surface area contributed by atoms with Crippen LogP contribution in [0.1, 0.15) is 54.1 Å². The molecule has 2 aromatic rings. The van der Waals surface area contributed by atoms with E-state index >= 15 is 0 Å². The first-order valence-electron chi connectivity index (χ1n) is 7.52. The molecule has 0 radical (unpaired) electrons. The van der Waals surface area contributed by atoms with Crippen molar-refractivity contribution in [3.63, 3.8) is 0 Å². The Balaban J connectivity index is 1.68. The molecule has 0 saturated carbocycles. The smallest absolute Gasteiger partial charge is 0.122 e. The van der Waals surface area contributed by atoms with E-state index in [4.69, 9.17) is 9.72 Å². The second-order valence-electron chi connectivity index (χ2n) is 5.83. The SMILES string of the molecule is COc1cccc2c1CCC2NCc1csc(C(C)C)n1. The Morgan fingerprint density at radius 2 is 2.29 bits per heavy atom. The molecule has 1 aliphatic carbocycles. The van der Waals surface area contributed by atoms with Gasteiger partial charge in [-0.25, -0.2) is 4.98 Å². The monoisotopic (exact) mass is 302 g/mol. The minimum atomic E-state index is 0.416. The largest absolute Gasteiger partial charge is 0.496 e. The van der Waals surface area contributed by atoms with Crippen LogP contribution in [-0.2, 0) is 13.0 Å². The predicted octanol–water partition coefficient (Wildman–Crippen LogP) is 4.05. The van der Waals surface area contributed by atoms with Crippen molar-refractivity contribution in [2.24, 2.45) is 0 Å². The predicted molar refractivity (Wildman–Crippen MR) is 87.1 cm³/mol. The van der Waals surface area contributed by atoms with E-state index in [2.05, 4.69) is 42.7 Å². The number of thiazole rings is 1. The van der Waals surface area contributed by atoms with E-state index in [0.29, 0.717) is 12.0 Å². The molecule has 1 aromatic heterocycles. The molecule has 4 heteroatoms. The average Bonchev–Trinajstić information content (AvgIpc) is 3.11. The van der Waals surface area contributed by atoms with Crippen molar-refractivity contribution < 1.29 is 4.74 Å². The van der Waals surface area contributed by atoms with Gasteiger partial charge >= 0.3 is 0 Å². The van der Waals surface area contributed by atoms with Crippen LogP contribution in [0, 0.1) is 0 Å². The molecule has 3 nitrogen and oxygen atoms in total. The van der Waals surface area contributed by atoms with Gasteiger partial charge in [-0.2, -0.15) is 0 Å². The summed E-state index contributed by atoms with van der Waals surface area (Å²) in [7, 11) is 1.75. The van der Waals surface area contributed by atoms with E-state index in [1.54, 1.807) is 18.4 Å². The number of hydrogen-bond donors (Lipinski definition) is 1. The first-order valence-corrected chi connectivity index (χ1v) is 8.40. The van der Waals surface area contributed by atoms with Crippen molar-refractivity contribution in [2.45, 2.75) is 45.2 Å². The number of methoxy groups -OCH3 is 1. The Kier molecular flexibility index (Phi) is 4.27. The highest BCUT2D eigenvalue weighted by Gasteiger charge is 2.24. The third-order valence-electron chi connectivity index (χ3n) is 4.04. The highest BCUT2D eigenvalue weighted by Crippen LogP contribution is 2.36. The van der Waals surface area contributed by atoms with Crippen LogP contribution in [0.25, 0.3) is 0 Å². The number of benzene rings is 1. The molecule has 0 amide bonds. The highest BCUT2D eigenvalue weighted by atomic mass is 32.1. The van der Waals surface area contributed by atoms with E-state index < -0.39 is 0 Å². The lowest BCUT2D eigenvalue weighted by Gasteiger charge is -2.14. The molecular formula is C17H22N2OS. The first kappa shape index (κ1) is 14.5. The summed E-state index contributed by atoms with van der Waals surface area (Å²) in [5.74, 6) is 1.53. The fourth-order valence-corrected chi connectivity index (χ4v) is 3.76. The summed E-state index contributed by atoms with van der Waals surface area (Å²) >= 11 is 1.76. The van der Waals surface area contributed by atoms with Crippen molar-refractivity contribution in [1.82, 2.24) is 10.3 Å². The third-order valence-corrected chi connectivity index (χ3v) is 5.23. The van der Waals surface area contributed by atoms with Crippen LogP contribution in [0.2, 0.25) is 0 Å². The van der Waals surface area contributed by atoms with Gasteiger partial charge in [0.2, 0.25) is 0 Å². The fraction of sp³-hybridized carbons (Fsp3) is 0.471. The summed E-state index contributed by atoms with van der Waals surface area (Å²) in [4.78, 5) is 4.69. The number of hydrogen-bond acceptors (Lipinski definition) is 4. The minimum absolute atomic E-state index is 0.416. The molecule has 1 heterocycles. The molecule has 1 aliphatic rings. The lowest BCUT2D eigenvalue weighted by atomic mass is 10.1. The molecule has 21 heavy (non-hydrogen) atoms. The number of nitrogens with zero attached hydrogens (tertiary/aromatic N) is 1. The number of fused-ring (bicyclic) bond motifs is 1. The molecule has 0 bridgehead atoms. The third kappa shape index (κ3) is 2.97. The van der Waals surface area contributed by atoms with Crippen LogP contribution in [0.5, 0.6) is 5.75 Å². The van der Waals surface area contributed by atoms with Crippen LogP contribution >= 0.6 is 11.3 Å². The summed E-state index contributed by atoms with van der Waals surface area (Å²) in [5.41, 5.74) is 3.90. The molecule has 1 unspecified atom stereocenters. The second-order valence-corrected chi connectivity index (χ2v) is 6.72. The van der Waals surface area contributed by atoms with Gasteiger partial charge in [0.15, 0.2) is 0 Å². The van der Waals surface area contributed by atoms with E-state index in [-0.39, 0.29) is 0 Å². The van der Waals surface area contributed by atoms with Gasteiger partial charge in [0.1, 0.15) is 5.75 Å². The van der Waals surface area contributed by atoms with Crippen molar-refractivity contribution in [2.75, 3.05) is 7.11 Å². The molecule has 112 valence electrons. The number of nitrogens with one attached hydrogen (secondary N) is 1. The maximum absolute atomic E-state index is 5.46. The molecule has 0 spiro atoms. The van der Waals surface area contributed by atoms with Gasteiger partial charge in [0, 0.05) is 23.9 Å². The van der Waals surface area contributed by atoms with Gasteiger partial charge in [-0.15, -0.1) is 11.3 Å². The summed E-state index contributed by atoms with van der Waals surface area (Å²) in [5, 5.41) is 7.04. The Morgan fingerprint density at radius 3 is 3.00 bits per heavy atom. The van der Waals surface area contributed by atoms with Crippen molar-refractivity contribution >= 4 is 11.3 Å². The maximum Gasteiger partial charge on any atom is 0.122 e. The Morgan fingerprint density at radius 1 is 1.43 bits per heavy atom. The molecule has 0 fully saturated rings. The molecule has 1 atom stereocenters. The van der Waals surface area contributed by atoms with Crippen LogP contribution in [0.4, 0.5) is 0 Å². The van der Waals surface area contributed by atoms with E-state index in [1.807, 2.05) is 0 Å². The Hall–Kier alpha value is -1.39. The Bertz CT molecular complexity index is 621. The van der Waals surface area contributed by atoms with Crippen LogP contribution in [0.15, 0.2) is 23.6 Å². The summed E-state index contributed by atoms with van der Waals surface area (Å²) in [6.45, 7) is 5.22. The van der Waals surface area contributed by atoms with Gasteiger partial charge in [0.05, 0.1) is 17.8 Å². The number of rotatable bonds is 5. The van der Waals surface area contributed by atoms with Gasteiger partial charge in [-0.3, -0.25) is 0 Å². The zero-order valence-electron chi connectivity index (χ0n) is 12.8. The summed E-state index contributed by atoms with van der Waals surface area (Å²) < 4.78 is 5.46. The van der Waals surface area contributed by atoms with Gasteiger partial charge in [-0.1, -0.05) is 26.0 Å².